The van der Waals surface area contributed by atoms with E-state index in [9.17, 15) is 4.79 Å². The van der Waals surface area contributed by atoms with Crippen LogP contribution in [0.4, 0.5) is 4.79 Å². The Balaban J connectivity index is 1.45. The summed E-state index contributed by atoms with van der Waals surface area (Å²) in [7, 11) is 0. The SMILES string of the molecule is C[C@@H](NC(=O)NCCN1CCOCC1)c1ccc2c(c1)OCCCO2. The molecule has 1 saturated heterocycles. The van der Waals surface area contributed by atoms with Gasteiger partial charge in [0.2, 0.25) is 0 Å². The van der Waals surface area contributed by atoms with Crippen LogP contribution in [0.1, 0.15) is 24.9 Å². The zero-order valence-corrected chi connectivity index (χ0v) is 14.8. The number of carbonyl (C=O) groups excluding carboxylic acids is 1. The molecule has 0 aromatic heterocycles. The van der Waals surface area contributed by atoms with Gasteiger partial charge in [-0.2, -0.15) is 0 Å². The molecule has 0 unspecified atom stereocenters. The van der Waals surface area contributed by atoms with Gasteiger partial charge in [-0.15, -0.1) is 0 Å². The first-order chi connectivity index (χ1) is 12.2. The van der Waals surface area contributed by atoms with Crippen molar-refractivity contribution in [3.63, 3.8) is 0 Å². The Bertz CT molecular complexity index is 575. The quantitative estimate of drug-likeness (QED) is 0.844. The first kappa shape index (κ1) is 17.8. The lowest BCUT2D eigenvalue weighted by Crippen LogP contribution is -2.44. The number of rotatable bonds is 5. The minimum absolute atomic E-state index is 0.111. The van der Waals surface area contributed by atoms with Gasteiger partial charge in [0.15, 0.2) is 11.5 Å². The van der Waals surface area contributed by atoms with E-state index >= 15 is 0 Å². The number of nitrogens with one attached hydrogen (secondary N) is 2. The molecular formula is C18H27N3O4. The molecule has 1 fully saturated rings. The minimum atomic E-state index is -0.159. The maximum atomic E-state index is 12.1. The predicted octanol–water partition coefficient (Wildman–Crippen LogP) is 1.54. The van der Waals surface area contributed by atoms with E-state index in [2.05, 4.69) is 15.5 Å². The highest BCUT2D eigenvalue weighted by molar-refractivity contribution is 5.74. The van der Waals surface area contributed by atoms with Gasteiger partial charge in [-0.1, -0.05) is 6.07 Å². The van der Waals surface area contributed by atoms with Crippen LogP contribution in [0.2, 0.25) is 0 Å². The lowest BCUT2D eigenvalue weighted by molar-refractivity contribution is 0.0387. The van der Waals surface area contributed by atoms with E-state index in [1.165, 1.54) is 0 Å². The van der Waals surface area contributed by atoms with Crippen molar-refractivity contribution < 1.29 is 19.0 Å². The van der Waals surface area contributed by atoms with Gasteiger partial charge in [-0.25, -0.2) is 4.79 Å². The summed E-state index contributed by atoms with van der Waals surface area (Å²) in [4.78, 5) is 14.4. The highest BCUT2D eigenvalue weighted by Crippen LogP contribution is 2.32. The summed E-state index contributed by atoms with van der Waals surface area (Å²) in [5.74, 6) is 1.51. The maximum absolute atomic E-state index is 12.1. The van der Waals surface area contributed by atoms with Gasteiger partial charge in [0.1, 0.15) is 0 Å². The number of morpholine rings is 1. The molecule has 2 N–H and O–H groups in total. The van der Waals surface area contributed by atoms with Crippen LogP contribution in [0, 0.1) is 0 Å². The van der Waals surface area contributed by atoms with Crippen LogP contribution < -0.4 is 20.1 Å². The van der Waals surface area contributed by atoms with Crippen molar-refractivity contribution in [2.75, 3.05) is 52.6 Å². The van der Waals surface area contributed by atoms with Crippen LogP contribution >= 0.6 is 0 Å². The molecule has 2 aliphatic rings. The van der Waals surface area contributed by atoms with Gasteiger partial charge in [0.25, 0.3) is 0 Å². The molecule has 138 valence electrons. The molecule has 2 heterocycles. The van der Waals surface area contributed by atoms with E-state index in [0.29, 0.717) is 19.8 Å². The molecule has 2 aliphatic heterocycles. The normalized spacial score (nSPS) is 18.9. The first-order valence-electron chi connectivity index (χ1n) is 8.96. The molecule has 7 nitrogen and oxygen atoms in total. The van der Waals surface area contributed by atoms with E-state index in [-0.39, 0.29) is 12.1 Å². The number of amides is 2. The smallest absolute Gasteiger partial charge is 0.315 e. The fourth-order valence-corrected chi connectivity index (χ4v) is 2.93. The van der Waals surface area contributed by atoms with Crippen LogP contribution in [-0.2, 0) is 4.74 Å². The lowest BCUT2D eigenvalue weighted by Gasteiger charge is -2.26. The molecule has 25 heavy (non-hydrogen) atoms. The third kappa shape index (κ3) is 5.24. The zero-order chi connectivity index (χ0) is 17.5. The Hall–Kier alpha value is -1.99. The van der Waals surface area contributed by atoms with Crippen molar-refractivity contribution in [1.29, 1.82) is 0 Å². The van der Waals surface area contributed by atoms with Crippen molar-refractivity contribution >= 4 is 6.03 Å². The number of urea groups is 1. The Kier molecular flexibility index (Phi) is 6.36. The Morgan fingerprint density at radius 3 is 2.72 bits per heavy atom. The van der Waals surface area contributed by atoms with Crippen molar-refractivity contribution in [3.8, 4) is 11.5 Å². The Morgan fingerprint density at radius 2 is 1.92 bits per heavy atom. The second-order valence-corrected chi connectivity index (χ2v) is 6.33. The van der Waals surface area contributed by atoms with Gasteiger partial charge in [0.05, 0.1) is 32.5 Å². The summed E-state index contributed by atoms with van der Waals surface area (Å²) in [5, 5.41) is 5.88. The van der Waals surface area contributed by atoms with Crippen LogP contribution in [0.15, 0.2) is 18.2 Å². The number of carbonyl (C=O) groups is 1. The average Bonchev–Trinajstić information content (AvgIpc) is 2.87. The molecule has 0 aliphatic carbocycles. The second-order valence-electron chi connectivity index (χ2n) is 6.33. The molecule has 1 aromatic carbocycles. The molecule has 1 aromatic rings. The number of hydrogen-bond donors (Lipinski definition) is 2. The average molecular weight is 349 g/mol. The maximum Gasteiger partial charge on any atom is 0.315 e. The van der Waals surface area contributed by atoms with Gasteiger partial charge < -0.3 is 24.8 Å². The molecule has 1 atom stereocenters. The molecular weight excluding hydrogens is 322 g/mol. The summed E-state index contributed by atoms with van der Waals surface area (Å²) in [5.41, 5.74) is 0.993. The highest BCUT2D eigenvalue weighted by Gasteiger charge is 2.15. The number of nitrogens with zero attached hydrogens (tertiary/aromatic N) is 1. The van der Waals surface area contributed by atoms with E-state index in [0.717, 1.165) is 56.3 Å². The van der Waals surface area contributed by atoms with Crippen LogP contribution in [-0.4, -0.2) is 63.5 Å². The molecule has 3 rings (SSSR count). The van der Waals surface area contributed by atoms with E-state index < -0.39 is 0 Å². The van der Waals surface area contributed by atoms with Crippen molar-refractivity contribution in [1.82, 2.24) is 15.5 Å². The standard InChI is InChI=1S/C18H27N3O4/c1-14(15-3-4-16-17(13-15)25-10-2-9-24-16)20-18(22)19-5-6-21-7-11-23-12-8-21/h3-4,13-14H,2,5-12H2,1H3,(H2,19,20,22)/t14-/m1/s1. The highest BCUT2D eigenvalue weighted by atomic mass is 16.5. The monoisotopic (exact) mass is 349 g/mol. The third-order valence-electron chi connectivity index (χ3n) is 4.44. The van der Waals surface area contributed by atoms with Crippen LogP contribution in [0.25, 0.3) is 0 Å². The van der Waals surface area contributed by atoms with E-state index in [1.807, 2.05) is 25.1 Å². The molecule has 0 saturated carbocycles. The van der Waals surface area contributed by atoms with Crippen LogP contribution in [0.3, 0.4) is 0 Å². The number of benzene rings is 1. The third-order valence-corrected chi connectivity index (χ3v) is 4.44. The largest absolute Gasteiger partial charge is 0.490 e. The van der Waals surface area contributed by atoms with Gasteiger partial charge >= 0.3 is 6.03 Å². The summed E-state index contributed by atoms with van der Waals surface area (Å²) in [6.07, 6.45) is 0.878. The van der Waals surface area contributed by atoms with Gasteiger partial charge in [0, 0.05) is 32.6 Å². The van der Waals surface area contributed by atoms with E-state index in [1.54, 1.807) is 0 Å². The minimum Gasteiger partial charge on any atom is -0.490 e. The summed E-state index contributed by atoms with van der Waals surface area (Å²) in [6, 6.07) is 5.55. The van der Waals surface area contributed by atoms with Crippen molar-refractivity contribution in [2.24, 2.45) is 0 Å². The zero-order valence-electron chi connectivity index (χ0n) is 14.8. The molecule has 2 amide bonds. The number of hydrogen-bond acceptors (Lipinski definition) is 5. The van der Waals surface area contributed by atoms with E-state index in [4.69, 9.17) is 14.2 Å². The Labute approximate surface area is 148 Å². The molecule has 0 radical (unpaired) electrons. The first-order valence-corrected chi connectivity index (χ1v) is 8.96. The summed E-state index contributed by atoms with van der Waals surface area (Å²) in [6.45, 7) is 8.15. The molecule has 0 spiro atoms. The fraction of sp³-hybridized carbons (Fsp3) is 0.611. The van der Waals surface area contributed by atoms with Gasteiger partial charge in [-0.3, -0.25) is 4.90 Å². The summed E-state index contributed by atoms with van der Waals surface area (Å²) >= 11 is 0. The van der Waals surface area contributed by atoms with Crippen LogP contribution in [0.5, 0.6) is 11.5 Å². The lowest BCUT2D eigenvalue weighted by atomic mass is 10.1. The topological polar surface area (TPSA) is 72.1 Å². The van der Waals surface area contributed by atoms with Crippen molar-refractivity contribution in [3.05, 3.63) is 23.8 Å². The van der Waals surface area contributed by atoms with Crippen molar-refractivity contribution in [2.45, 2.75) is 19.4 Å². The predicted molar refractivity (Wildman–Crippen MR) is 94.3 cm³/mol. The Morgan fingerprint density at radius 1 is 1.16 bits per heavy atom. The molecule has 7 heteroatoms. The number of ether oxygens (including phenoxy) is 3. The summed E-state index contributed by atoms with van der Waals surface area (Å²) < 4.78 is 16.7. The van der Waals surface area contributed by atoms with Gasteiger partial charge in [-0.05, 0) is 24.6 Å². The second kappa shape index (κ2) is 8.92. The number of fused-ring (bicyclic) bond motifs is 1. The molecule has 0 bridgehead atoms. The fourth-order valence-electron chi connectivity index (χ4n) is 2.93.